The quantitative estimate of drug-likeness (QED) is 0.695. The minimum absolute atomic E-state index is 0.0821. The molecule has 0 saturated heterocycles. The highest BCUT2D eigenvalue weighted by molar-refractivity contribution is 9.10. The lowest BCUT2D eigenvalue weighted by Gasteiger charge is -2.11. The molecule has 0 radical (unpaired) electrons. The van der Waals surface area contributed by atoms with Gasteiger partial charge in [0.15, 0.2) is 6.61 Å². The molecule has 1 aromatic carbocycles. The van der Waals surface area contributed by atoms with Crippen LogP contribution in [-0.2, 0) is 20.9 Å². The van der Waals surface area contributed by atoms with E-state index in [2.05, 4.69) is 21.2 Å². The highest BCUT2D eigenvalue weighted by Crippen LogP contribution is 2.23. The summed E-state index contributed by atoms with van der Waals surface area (Å²) in [5.74, 6) is -0.916. The van der Waals surface area contributed by atoms with Crippen LogP contribution < -0.4 is 10.1 Å². The zero-order chi connectivity index (χ0) is 15.0. The predicted molar refractivity (Wildman–Crippen MR) is 75.6 cm³/mol. The third-order valence-corrected chi connectivity index (χ3v) is 2.76. The monoisotopic (exact) mass is 345 g/mol. The van der Waals surface area contributed by atoms with E-state index in [9.17, 15) is 9.59 Å². The third-order valence-electron chi connectivity index (χ3n) is 2.26. The lowest BCUT2D eigenvalue weighted by Crippen LogP contribution is -2.24. The molecule has 0 heterocycles. The van der Waals surface area contributed by atoms with Gasteiger partial charge in [-0.15, -0.1) is 0 Å². The molecule has 6 nitrogen and oxygen atoms in total. The van der Waals surface area contributed by atoms with E-state index < -0.39 is 12.6 Å². The van der Waals surface area contributed by atoms with Gasteiger partial charge >= 0.3 is 11.9 Å². The number of carboxylic acids is 1. The summed E-state index contributed by atoms with van der Waals surface area (Å²) in [7, 11) is 0. The number of benzene rings is 1. The van der Waals surface area contributed by atoms with Gasteiger partial charge in [-0.1, -0.05) is 15.9 Å². The molecule has 7 heteroatoms. The minimum atomic E-state index is -1.04. The molecule has 0 bridgehead atoms. The second kappa shape index (κ2) is 8.55. The molecule has 0 fully saturated rings. The van der Waals surface area contributed by atoms with Crippen molar-refractivity contribution < 1.29 is 24.2 Å². The zero-order valence-corrected chi connectivity index (χ0v) is 12.6. The van der Waals surface area contributed by atoms with Crippen molar-refractivity contribution >= 4 is 27.9 Å². The van der Waals surface area contributed by atoms with Crippen molar-refractivity contribution in [1.82, 2.24) is 5.32 Å². The fourth-order valence-corrected chi connectivity index (χ4v) is 1.89. The highest BCUT2D eigenvalue weighted by Gasteiger charge is 2.08. The topological polar surface area (TPSA) is 84.9 Å². The first-order valence-electron chi connectivity index (χ1n) is 6.02. The Balaban J connectivity index is 2.60. The largest absolute Gasteiger partial charge is 0.482 e. The molecule has 0 saturated carbocycles. The lowest BCUT2D eigenvalue weighted by molar-refractivity contribution is -0.142. The first-order chi connectivity index (χ1) is 9.52. The maximum atomic E-state index is 11.2. The smallest absolute Gasteiger partial charge is 0.341 e. The molecule has 110 valence electrons. The number of hydrogen-bond donors (Lipinski definition) is 2. The molecule has 20 heavy (non-hydrogen) atoms. The number of nitrogens with one attached hydrogen (secondary N) is 1. The van der Waals surface area contributed by atoms with E-state index in [4.69, 9.17) is 14.6 Å². The second-order valence-electron chi connectivity index (χ2n) is 3.84. The van der Waals surface area contributed by atoms with Crippen LogP contribution in [0.5, 0.6) is 5.75 Å². The van der Waals surface area contributed by atoms with Crippen LogP contribution in [0.3, 0.4) is 0 Å². The average molecular weight is 346 g/mol. The summed E-state index contributed by atoms with van der Waals surface area (Å²) < 4.78 is 10.8. The molecule has 0 aliphatic carbocycles. The molecule has 0 atom stereocenters. The van der Waals surface area contributed by atoms with Gasteiger partial charge in [-0.2, -0.15) is 0 Å². The van der Waals surface area contributed by atoms with Crippen molar-refractivity contribution in [2.24, 2.45) is 0 Å². The molecule has 0 unspecified atom stereocenters. The average Bonchev–Trinajstić information content (AvgIpc) is 2.38. The van der Waals surface area contributed by atoms with Gasteiger partial charge in [0, 0.05) is 16.6 Å². The Morgan fingerprint density at radius 2 is 2.15 bits per heavy atom. The van der Waals surface area contributed by atoms with Gasteiger partial charge in [0.2, 0.25) is 0 Å². The third kappa shape index (κ3) is 6.03. The molecular formula is C13H16BrNO5. The van der Waals surface area contributed by atoms with Crippen molar-refractivity contribution in [3.63, 3.8) is 0 Å². The number of carbonyl (C=O) groups excluding carboxylic acids is 1. The highest BCUT2D eigenvalue weighted by atomic mass is 79.9. The van der Waals surface area contributed by atoms with Crippen LogP contribution in [0.1, 0.15) is 12.5 Å². The van der Waals surface area contributed by atoms with Gasteiger partial charge in [0.25, 0.3) is 0 Å². The molecule has 0 aliphatic heterocycles. The van der Waals surface area contributed by atoms with Crippen LogP contribution in [0, 0.1) is 0 Å². The second-order valence-corrected chi connectivity index (χ2v) is 4.76. The minimum Gasteiger partial charge on any atom is -0.482 e. The number of halogens is 1. The summed E-state index contributed by atoms with van der Waals surface area (Å²) in [6.45, 7) is 2.12. The summed E-state index contributed by atoms with van der Waals surface area (Å²) in [5.41, 5.74) is 0.755. The van der Waals surface area contributed by atoms with E-state index in [1.807, 2.05) is 0 Å². The van der Waals surface area contributed by atoms with Crippen LogP contribution in [0.25, 0.3) is 0 Å². The van der Waals surface area contributed by atoms with Crippen LogP contribution >= 0.6 is 15.9 Å². The summed E-state index contributed by atoms with van der Waals surface area (Å²) in [4.78, 5) is 21.7. The van der Waals surface area contributed by atoms with Gasteiger partial charge < -0.3 is 19.9 Å². The summed E-state index contributed by atoms with van der Waals surface area (Å²) in [6, 6.07) is 5.23. The molecule has 0 amide bonds. The number of hydrogen-bond acceptors (Lipinski definition) is 5. The SMILES string of the molecule is CCOC(=O)CNCc1cc(Br)ccc1OCC(=O)O. The van der Waals surface area contributed by atoms with Crippen LogP contribution in [0.2, 0.25) is 0 Å². The Bertz CT molecular complexity index is 478. The number of aliphatic carboxylic acids is 1. The van der Waals surface area contributed by atoms with Crippen molar-refractivity contribution in [3.8, 4) is 5.75 Å². The number of carbonyl (C=O) groups is 2. The zero-order valence-electron chi connectivity index (χ0n) is 11.0. The van der Waals surface area contributed by atoms with E-state index in [0.29, 0.717) is 18.9 Å². The first kappa shape index (κ1) is 16.5. The molecule has 2 N–H and O–H groups in total. The van der Waals surface area contributed by atoms with E-state index in [1.54, 1.807) is 25.1 Å². The number of rotatable bonds is 8. The van der Waals surface area contributed by atoms with E-state index in [1.165, 1.54) is 0 Å². The number of ether oxygens (including phenoxy) is 2. The normalized spacial score (nSPS) is 10.1. The number of esters is 1. The predicted octanol–water partition coefficient (Wildman–Crippen LogP) is 1.57. The Hall–Kier alpha value is -1.60. The van der Waals surface area contributed by atoms with E-state index in [-0.39, 0.29) is 12.5 Å². The van der Waals surface area contributed by atoms with Crippen molar-refractivity contribution in [3.05, 3.63) is 28.2 Å². The first-order valence-corrected chi connectivity index (χ1v) is 6.81. The number of carboxylic acid groups (broad SMARTS) is 1. The molecule has 1 aromatic rings. The fraction of sp³-hybridized carbons (Fsp3) is 0.385. The van der Waals surface area contributed by atoms with Crippen molar-refractivity contribution in [2.75, 3.05) is 19.8 Å². The molecule has 0 spiro atoms. The van der Waals surface area contributed by atoms with Crippen LogP contribution in [-0.4, -0.2) is 36.8 Å². The fourth-order valence-electron chi connectivity index (χ4n) is 1.48. The summed E-state index contributed by atoms with van der Waals surface area (Å²) in [6.07, 6.45) is 0. The summed E-state index contributed by atoms with van der Waals surface area (Å²) >= 11 is 3.33. The van der Waals surface area contributed by atoms with Gasteiger partial charge in [-0.05, 0) is 25.1 Å². The van der Waals surface area contributed by atoms with Crippen LogP contribution in [0.4, 0.5) is 0 Å². The van der Waals surface area contributed by atoms with Crippen LogP contribution in [0.15, 0.2) is 22.7 Å². The Morgan fingerprint density at radius 1 is 1.40 bits per heavy atom. The standard InChI is InChI=1S/C13H16BrNO5/c1-2-19-13(18)7-15-6-9-5-10(14)3-4-11(9)20-8-12(16)17/h3-5,15H,2,6-8H2,1H3,(H,16,17). The van der Waals surface area contributed by atoms with Crippen molar-refractivity contribution in [1.29, 1.82) is 0 Å². The van der Waals surface area contributed by atoms with E-state index in [0.717, 1.165) is 10.0 Å². The summed E-state index contributed by atoms with van der Waals surface area (Å²) in [5, 5.41) is 11.5. The molecule has 0 aromatic heterocycles. The maximum absolute atomic E-state index is 11.2. The van der Waals surface area contributed by atoms with Gasteiger partial charge in [0.05, 0.1) is 13.2 Å². The van der Waals surface area contributed by atoms with Gasteiger partial charge in [0.1, 0.15) is 5.75 Å². The molecule has 0 aliphatic rings. The lowest BCUT2D eigenvalue weighted by atomic mass is 10.2. The Morgan fingerprint density at radius 3 is 2.80 bits per heavy atom. The Labute approximate surface area is 125 Å². The van der Waals surface area contributed by atoms with E-state index >= 15 is 0 Å². The van der Waals surface area contributed by atoms with Crippen molar-refractivity contribution in [2.45, 2.75) is 13.5 Å². The maximum Gasteiger partial charge on any atom is 0.341 e. The Kier molecular flexibility index (Phi) is 7.03. The van der Waals surface area contributed by atoms with Gasteiger partial charge in [-0.3, -0.25) is 4.79 Å². The van der Waals surface area contributed by atoms with Gasteiger partial charge in [-0.25, -0.2) is 4.79 Å². The molecular weight excluding hydrogens is 330 g/mol. The molecule has 1 rings (SSSR count).